The van der Waals surface area contributed by atoms with Crippen molar-refractivity contribution in [3.05, 3.63) is 12.2 Å². The highest BCUT2D eigenvalue weighted by molar-refractivity contribution is 5.86. The normalized spacial score (nSPS) is 15.4. The molecule has 5 heteroatoms. The summed E-state index contributed by atoms with van der Waals surface area (Å²) in [5.41, 5.74) is 0.388. The van der Waals surface area contributed by atoms with E-state index < -0.39 is 5.97 Å². The van der Waals surface area contributed by atoms with Crippen molar-refractivity contribution in [2.45, 2.75) is 52.9 Å². The zero-order chi connectivity index (χ0) is 15.5. The van der Waals surface area contributed by atoms with Gasteiger partial charge in [0.25, 0.3) is 0 Å². The van der Waals surface area contributed by atoms with Gasteiger partial charge >= 0.3 is 5.97 Å². The minimum absolute atomic E-state index is 0.0304. The molecule has 0 rings (SSSR count). The molecule has 0 bridgehead atoms. The second kappa shape index (κ2) is 10.8. The summed E-state index contributed by atoms with van der Waals surface area (Å²) in [5.74, 6) is -0.393. The molecule has 0 saturated heterocycles. The lowest BCUT2D eigenvalue weighted by Crippen LogP contribution is -2.27. The minimum Gasteiger partial charge on any atom is -0.460 e. The van der Waals surface area contributed by atoms with Crippen molar-refractivity contribution in [3.63, 3.8) is 0 Å². The molecule has 3 unspecified atom stereocenters. The SMILES string of the molecule is C=C(C)C(=O)OCC(C)OCC(C)OCC(C)OCC. The minimum atomic E-state index is -0.393. The van der Waals surface area contributed by atoms with Crippen molar-refractivity contribution in [2.75, 3.05) is 26.4 Å². The molecule has 0 fully saturated rings. The monoisotopic (exact) mass is 288 g/mol. The molecular weight excluding hydrogens is 260 g/mol. The van der Waals surface area contributed by atoms with Crippen LogP contribution < -0.4 is 0 Å². The van der Waals surface area contributed by atoms with Crippen molar-refractivity contribution in [2.24, 2.45) is 0 Å². The van der Waals surface area contributed by atoms with Crippen LogP contribution in [0.5, 0.6) is 0 Å². The summed E-state index contributed by atoms with van der Waals surface area (Å²) in [5, 5.41) is 0. The summed E-state index contributed by atoms with van der Waals surface area (Å²) in [7, 11) is 0. The van der Waals surface area contributed by atoms with Gasteiger partial charge in [-0.05, 0) is 34.6 Å². The molecule has 0 amide bonds. The fraction of sp³-hybridized carbons (Fsp3) is 0.800. The van der Waals surface area contributed by atoms with Crippen LogP contribution >= 0.6 is 0 Å². The van der Waals surface area contributed by atoms with E-state index in [1.807, 2.05) is 27.7 Å². The van der Waals surface area contributed by atoms with E-state index in [1.165, 1.54) is 0 Å². The largest absolute Gasteiger partial charge is 0.460 e. The van der Waals surface area contributed by atoms with E-state index in [1.54, 1.807) is 6.92 Å². The molecule has 0 aromatic heterocycles. The highest BCUT2D eigenvalue weighted by Crippen LogP contribution is 2.01. The number of hydrogen-bond acceptors (Lipinski definition) is 5. The van der Waals surface area contributed by atoms with E-state index in [9.17, 15) is 4.79 Å². The van der Waals surface area contributed by atoms with Crippen molar-refractivity contribution in [3.8, 4) is 0 Å². The van der Waals surface area contributed by atoms with Gasteiger partial charge in [-0.1, -0.05) is 6.58 Å². The molecule has 0 aromatic carbocycles. The maximum Gasteiger partial charge on any atom is 0.333 e. The summed E-state index contributed by atoms with van der Waals surface area (Å²) in [6, 6.07) is 0. The maximum atomic E-state index is 11.2. The summed E-state index contributed by atoms with van der Waals surface area (Å²) < 4.78 is 21.5. The maximum absolute atomic E-state index is 11.2. The Kier molecular flexibility index (Phi) is 10.3. The topological polar surface area (TPSA) is 54.0 Å². The van der Waals surface area contributed by atoms with E-state index in [2.05, 4.69) is 6.58 Å². The van der Waals surface area contributed by atoms with Gasteiger partial charge in [0, 0.05) is 12.2 Å². The Bertz CT molecular complexity index is 290. The lowest BCUT2D eigenvalue weighted by atomic mass is 10.3. The van der Waals surface area contributed by atoms with Gasteiger partial charge in [-0.25, -0.2) is 4.79 Å². The Morgan fingerprint density at radius 3 is 1.85 bits per heavy atom. The van der Waals surface area contributed by atoms with E-state index in [-0.39, 0.29) is 24.9 Å². The molecule has 0 aliphatic rings. The smallest absolute Gasteiger partial charge is 0.333 e. The van der Waals surface area contributed by atoms with Crippen molar-refractivity contribution < 1.29 is 23.7 Å². The van der Waals surface area contributed by atoms with Gasteiger partial charge in [0.15, 0.2) is 0 Å². The predicted octanol–water partition coefficient (Wildman–Crippen LogP) is 2.34. The summed E-state index contributed by atoms with van der Waals surface area (Å²) in [4.78, 5) is 11.2. The van der Waals surface area contributed by atoms with Crippen LogP contribution in [-0.2, 0) is 23.7 Å². The average Bonchev–Trinajstić information content (AvgIpc) is 2.40. The van der Waals surface area contributed by atoms with E-state index in [0.717, 1.165) is 0 Å². The molecule has 0 aliphatic heterocycles. The number of esters is 1. The number of carbonyl (C=O) groups is 1. The highest BCUT2D eigenvalue weighted by atomic mass is 16.6. The third-order valence-corrected chi connectivity index (χ3v) is 2.48. The molecule has 3 atom stereocenters. The number of hydrogen-bond donors (Lipinski definition) is 0. The molecule has 0 aliphatic carbocycles. The van der Waals surface area contributed by atoms with Crippen LogP contribution in [0.25, 0.3) is 0 Å². The van der Waals surface area contributed by atoms with Gasteiger partial charge in [-0.2, -0.15) is 0 Å². The Labute approximate surface area is 122 Å². The lowest BCUT2D eigenvalue weighted by molar-refractivity contribution is -0.144. The second-order valence-electron chi connectivity index (χ2n) is 4.93. The fourth-order valence-corrected chi connectivity index (χ4v) is 1.34. The van der Waals surface area contributed by atoms with Crippen molar-refractivity contribution in [1.29, 1.82) is 0 Å². The Morgan fingerprint density at radius 2 is 1.40 bits per heavy atom. The van der Waals surface area contributed by atoms with Gasteiger partial charge < -0.3 is 18.9 Å². The van der Waals surface area contributed by atoms with E-state index in [4.69, 9.17) is 18.9 Å². The van der Waals surface area contributed by atoms with E-state index >= 15 is 0 Å². The molecule has 0 aromatic rings. The first kappa shape index (κ1) is 19.1. The first-order valence-electron chi connectivity index (χ1n) is 7.04. The molecule has 5 nitrogen and oxygen atoms in total. The molecule has 118 valence electrons. The Morgan fingerprint density at radius 1 is 0.950 bits per heavy atom. The first-order valence-corrected chi connectivity index (χ1v) is 7.04. The standard InChI is InChI=1S/C15H28O5/c1-7-17-12(4)8-18-13(5)9-19-14(6)10-20-15(16)11(2)3/h12-14H,2,7-10H2,1,3-6H3. The first-order chi connectivity index (χ1) is 9.36. The van der Waals surface area contributed by atoms with Gasteiger partial charge in [0.05, 0.1) is 31.5 Å². The third kappa shape index (κ3) is 9.95. The van der Waals surface area contributed by atoms with Crippen LogP contribution in [-0.4, -0.2) is 50.7 Å². The third-order valence-electron chi connectivity index (χ3n) is 2.48. The summed E-state index contributed by atoms with van der Waals surface area (Å²) in [6.07, 6.45) is -0.123. The predicted molar refractivity (Wildman–Crippen MR) is 77.7 cm³/mol. The van der Waals surface area contributed by atoms with Crippen LogP contribution in [0.4, 0.5) is 0 Å². The average molecular weight is 288 g/mol. The fourth-order valence-electron chi connectivity index (χ4n) is 1.34. The van der Waals surface area contributed by atoms with Crippen LogP contribution in [0.15, 0.2) is 12.2 Å². The van der Waals surface area contributed by atoms with Gasteiger partial charge in [-0.3, -0.25) is 0 Å². The van der Waals surface area contributed by atoms with Crippen molar-refractivity contribution >= 4 is 5.97 Å². The molecule has 20 heavy (non-hydrogen) atoms. The molecule has 0 spiro atoms. The van der Waals surface area contributed by atoms with Crippen LogP contribution in [0.1, 0.15) is 34.6 Å². The highest BCUT2D eigenvalue weighted by Gasteiger charge is 2.11. The Balaban J connectivity index is 3.70. The van der Waals surface area contributed by atoms with E-state index in [0.29, 0.717) is 25.4 Å². The number of carbonyl (C=O) groups excluding carboxylic acids is 1. The number of rotatable bonds is 11. The molecule has 0 N–H and O–H groups in total. The van der Waals surface area contributed by atoms with Gasteiger partial charge in [0.1, 0.15) is 6.61 Å². The lowest BCUT2D eigenvalue weighted by Gasteiger charge is -2.19. The van der Waals surface area contributed by atoms with Gasteiger partial charge in [-0.15, -0.1) is 0 Å². The van der Waals surface area contributed by atoms with Crippen LogP contribution in [0, 0.1) is 0 Å². The zero-order valence-electron chi connectivity index (χ0n) is 13.3. The van der Waals surface area contributed by atoms with Crippen molar-refractivity contribution in [1.82, 2.24) is 0 Å². The number of ether oxygens (including phenoxy) is 4. The quantitative estimate of drug-likeness (QED) is 0.431. The van der Waals surface area contributed by atoms with Gasteiger partial charge in [0.2, 0.25) is 0 Å². The Hall–Kier alpha value is -0.910. The second-order valence-corrected chi connectivity index (χ2v) is 4.93. The molecule has 0 saturated carbocycles. The molecule has 0 heterocycles. The molecule has 0 radical (unpaired) electrons. The summed E-state index contributed by atoms with van der Waals surface area (Å²) >= 11 is 0. The zero-order valence-corrected chi connectivity index (χ0v) is 13.3. The summed E-state index contributed by atoms with van der Waals surface area (Å²) in [6.45, 7) is 14.7. The molecular formula is C15H28O5. The van der Waals surface area contributed by atoms with Crippen LogP contribution in [0.3, 0.4) is 0 Å². The van der Waals surface area contributed by atoms with Crippen LogP contribution in [0.2, 0.25) is 0 Å².